The number of carbonyl (C=O) groups excluding carboxylic acids is 1. The van der Waals surface area contributed by atoms with Crippen LogP contribution in [0.5, 0.6) is 0 Å². The molecule has 21 heavy (non-hydrogen) atoms. The van der Waals surface area contributed by atoms with Crippen LogP contribution in [0.4, 0.5) is 5.69 Å². The molecule has 2 aromatic carbocycles. The summed E-state index contributed by atoms with van der Waals surface area (Å²) in [4.78, 5) is 13.6. The molecule has 0 bridgehead atoms. The van der Waals surface area contributed by atoms with E-state index in [0.29, 0.717) is 21.2 Å². The number of ether oxygens (including phenoxy) is 1. The molecule has 0 aliphatic heterocycles. The number of methoxy groups -OCH3 is 1. The quantitative estimate of drug-likeness (QED) is 0.669. The SMILES string of the molecule is COC(=O)c1cc(N)cc(Cl)c1Sc1cc(C)ccc1C. The topological polar surface area (TPSA) is 52.3 Å². The number of esters is 1. The largest absolute Gasteiger partial charge is 0.465 e. The van der Waals surface area contributed by atoms with E-state index in [0.717, 1.165) is 16.0 Å². The average molecular weight is 322 g/mol. The molecule has 0 unspecified atom stereocenters. The minimum Gasteiger partial charge on any atom is -0.465 e. The van der Waals surface area contributed by atoms with Crippen molar-refractivity contribution in [2.45, 2.75) is 23.6 Å². The first-order chi connectivity index (χ1) is 9.92. The maximum atomic E-state index is 11.9. The van der Waals surface area contributed by atoms with E-state index in [1.165, 1.54) is 18.9 Å². The average Bonchev–Trinajstić information content (AvgIpc) is 2.44. The molecule has 0 heterocycles. The minimum absolute atomic E-state index is 0.383. The first-order valence-corrected chi connectivity index (χ1v) is 7.54. The molecule has 0 saturated carbocycles. The molecule has 110 valence electrons. The van der Waals surface area contributed by atoms with Crippen molar-refractivity contribution in [1.29, 1.82) is 0 Å². The fraction of sp³-hybridized carbons (Fsp3) is 0.188. The smallest absolute Gasteiger partial charge is 0.339 e. The lowest BCUT2D eigenvalue weighted by Crippen LogP contribution is -2.05. The van der Waals surface area contributed by atoms with Gasteiger partial charge in [-0.3, -0.25) is 0 Å². The number of hydrogen-bond acceptors (Lipinski definition) is 4. The van der Waals surface area contributed by atoms with Crippen molar-refractivity contribution < 1.29 is 9.53 Å². The molecular formula is C16H16ClNO2S. The standard InChI is InChI=1S/C16H16ClNO2S/c1-9-4-5-10(2)14(6-9)21-15-12(16(19)20-3)7-11(18)8-13(15)17/h4-8H,18H2,1-3H3. The van der Waals surface area contributed by atoms with Crippen LogP contribution in [0, 0.1) is 13.8 Å². The zero-order valence-corrected chi connectivity index (χ0v) is 13.6. The summed E-state index contributed by atoms with van der Waals surface area (Å²) in [6, 6.07) is 9.38. The van der Waals surface area contributed by atoms with E-state index in [-0.39, 0.29) is 0 Å². The maximum absolute atomic E-state index is 11.9. The van der Waals surface area contributed by atoms with Crippen LogP contribution >= 0.6 is 23.4 Å². The van der Waals surface area contributed by atoms with Gasteiger partial charge in [0.15, 0.2) is 0 Å². The predicted molar refractivity (Wildman–Crippen MR) is 87.2 cm³/mol. The Balaban J connectivity index is 2.53. The summed E-state index contributed by atoms with van der Waals surface area (Å²) >= 11 is 7.71. The third-order valence-corrected chi connectivity index (χ3v) is 4.74. The van der Waals surface area contributed by atoms with Gasteiger partial charge in [0.2, 0.25) is 0 Å². The van der Waals surface area contributed by atoms with Crippen molar-refractivity contribution in [2.75, 3.05) is 12.8 Å². The van der Waals surface area contributed by atoms with Gasteiger partial charge in [0.1, 0.15) is 0 Å². The second-order valence-electron chi connectivity index (χ2n) is 4.74. The number of rotatable bonds is 3. The summed E-state index contributed by atoms with van der Waals surface area (Å²) in [6.07, 6.45) is 0. The Hall–Kier alpha value is -1.65. The molecule has 0 saturated heterocycles. The van der Waals surface area contributed by atoms with Crippen molar-refractivity contribution in [3.8, 4) is 0 Å². The summed E-state index contributed by atoms with van der Waals surface area (Å²) in [5.41, 5.74) is 8.85. The van der Waals surface area contributed by atoms with Crippen LogP contribution < -0.4 is 5.73 Å². The molecule has 2 N–H and O–H groups in total. The highest BCUT2D eigenvalue weighted by molar-refractivity contribution is 7.99. The van der Waals surface area contributed by atoms with Gasteiger partial charge in [0.25, 0.3) is 0 Å². The van der Waals surface area contributed by atoms with Crippen LogP contribution in [0.2, 0.25) is 5.02 Å². The molecular weight excluding hydrogens is 306 g/mol. The van der Waals surface area contributed by atoms with Gasteiger partial charge in [-0.25, -0.2) is 4.79 Å². The van der Waals surface area contributed by atoms with Gasteiger partial charge in [0.05, 0.1) is 17.7 Å². The lowest BCUT2D eigenvalue weighted by Gasteiger charge is -2.13. The fourth-order valence-electron chi connectivity index (χ4n) is 1.91. The van der Waals surface area contributed by atoms with E-state index in [1.807, 2.05) is 26.0 Å². The zero-order chi connectivity index (χ0) is 15.6. The lowest BCUT2D eigenvalue weighted by atomic mass is 10.2. The van der Waals surface area contributed by atoms with Gasteiger partial charge in [-0.2, -0.15) is 0 Å². The van der Waals surface area contributed by atoms with Crippen LogP contribution in [0.25, 0.3) is 0 Å². The molecule has 2 rings (SSSR count). The second-order valence-corrected chi connectivity index (χ2v) is 6.20. The molecule has 0 atom stereocenters. The second kappa shape index (κ2) is 6.41. The summed E-state index contributed by atoms with van der Waals surface area (Å²) in [5, 5.41) is 0.446. The van der Waals surface area contributed by atoms with E-state index < -0.39 is 5.97 Å². The van der Waals surface area contributed by atoms with Crippen molar-refractivity contribution in [3.63, 3.8) is 0 Å². The van der Waals surface area contributed by atoms with E-state index in [9.17, 15) is 4.79 Å². The molecule has 0 fully saturated rings. The lowest BCUT2D eigenvalue weighted by molar-refractivity contribution is 0.0597. The summed E-state index contributed by atoms with van der Waals surface area (Å²) in [5.74, 6) is -0.447. The highest BCUT2D eigenvalue weighted by atomic mass is 35.5. The molecule has 0 aliphatic carbocycles. The van der Waals surface area contributed by atoms with Gasteiger partial charge < -0.3 is 10.5 Å². The fourth-order valence-corrected chi connectivity index (χ4v) is 3.35. The summed E-state index contributed by atoms with van der Waals surface area (Å²) < 4.78 is 4.81. The molecule has 0 radical (unpaired) electrons. The Morgan fingerprint density at radius 2 is 1.95 bits per heavy atom. The van der Waals surface area contributed by atoms with Gasteiger partial charge in [-0.05, 0) is 43.2 Å². The van der Waals surface area contributed by atoms with Crippen LogP contribution in [-0.4, -0.2) is 13.1 Å². The number of anilines is 1. The third-order valence-electron chi connectivity index (χ3n) is 3.03. The normalized spacial score (nSPS) is 10.5. The number of nitrogens with two attached hydrogens (primary N) is 1. The summed E-state index contributed by atoms with van der Waals surface area (Å²) in [6.45, 7) is 4.04. The number of hydrogen-bond donors (Lipinski definition) is 1. The van der Waals surface area contributed by atoms with E-state index in [1.54, 1.807) is 12.1 Å². The third kappa shape index (κ3) is 3.52. The Morgan fingerprint density at radius 1 is 1.24 bits per heavy atom. The van der Waals surface area contributed by atoms with E-state index in [4.69, 9.17) is 22.1 Å². The first-order valence-electron chi connectivity index (χ1n) is 6.35. The highest BCUT2D eigenvalue weighted by Gasteiger charge is 2.18. The van der Waals surface area contributed by atoms with Gasteiger partial charge in [-0.1, -0.05) is 35.5 Å². The number of nitrogen functional groups attached to an aromatic ring is 1. The molecule has 0 spiro atoms. The Bertz CT molecular complexity index is 701. The predicted octanol–water partition coefficient (Wildman–Crippen LogP) is 4.48. The molecule has 3 nitrogen and oxygen atoms in total. The minimum atomic E-state index is -0.447. The van der Waals surface area contributed by atoms with Crippen LogP contribution in [0.3, 0.4) is 0 Å². The monoisotopic (exact) mass is 321 g/mol. The van der Waals surface area contributed by atoms with Crippen molar-refractivity contribution >= 4 is 35.0 Å². The number of benzene rings is 2. The first kappa shape index (κ1) is 15.7. The van der Waals surface area contributed by atoms with E-state index in [2.05, 4.69) is 6.07 Å². The highest BCUT2D eigenvalue weighted by Crippen LogP contribution is 2.39. The molecule has 5 heteroatoms. The zero-order valence-electron chi connectivity index (χ0n) is 12.1. The molecule has 0 amide bonds. The Kier molecular flexibility index (Phi) is 4.80. The van der Waals surface area contributed by atoms with Gasteiger partial charge in [0, 0.05) is 15.5 Å². The van der Waals surface area contributed by atoms with Crippen molar-refractivity contribution in [3.05, 3.63) is 52.0 Å². The van der Waals surface area contributed by atoms with Crippen molar-refractivity contribution in [1.82, 2.24) is 0 Å². The van der Waals surface area contributed by atoms with Crippen LogP contribution in [0.1, 0.15) is 21.5 Å². The molecule has 0 aliphatic rings. The van der Waals surface area contributed by atoms with Gasteiger partial charge in [-0.15, -0.1) is 0 Å². The Labute approximate surface area is 133 Å². The maximum Gasteiger partial charge on any atom is 0.339 e. The molecule has 0 aromatic heterocycles. The Morgan fingerprint density at radius 3 is 2.62 bits per heavy atom. The van der Waals surface area contributed by atoms with Crippen LogP contribution in [-0.2, 0) is 4.74 Å². The number of aryl methyl sites for hydroxylation is 2. The number of halogens is 1. The molecule has 2 aromatic rings. The van der Waals surface area contributed by atoms with Gasteiger partial charge >= 0.3 is 5.97 Å². The van der Waals surface area contributed by atoms with E-state index >= 15 is 0 Å². The van der Waals surface area contributed by atoms with Crippen LogP contribution in [0.15, 0.2) is 40.1 Å². The van der Waals surface area contributed by atoms with Crippen molar-refractivity contribution in [2.24, 2.45) is 0 Å². The summed E-state index contributed by atoms with van der Waals surface area (Å²) in [7, 11) is 1.34. The number of carbonyl (C=O) groups is 1.